The molecule has 1 nitrogen and oxygen atoms in total. The van der Waals surface area contributed by atoms with E-state index in [4.69, 9.17) is 5.73 Å². The molecule has 0 spiro atoms. The van der Waals surface area contributed by atoms with E-state index in [9.17, 15) is 0 Å². The lowest BCUT2D eigenvalue weighted by atomic mass is 9.78. The van der Waals surface area contributed by atoms with Gasteiger partial charge in [0.25, 0.3) is 0 Å². The fraction of sp³-hybridized carbons (Fsp3) is 0.538. The van der Waals surface area contributed by atoms with Crippen LogP contribution in [0.3, 0.4) is 0 Å². The molecule has 80 valence electrons. The van der Waals surface area contributed by atoms with E-state index in [2.05, 4.69) is 41.9 Å². The van der Waals surface area contributed by atoms with Crippen molar-refractivity contribution in [1.29, 1.82) is 0 Å². The molecule has 1 aromatic carbocycles. The van der Waals surface area contributed by atoms with Gasteiger partial charge in [-0.15, -0.1) is 0 Å². The van der Waals surface area contributed by atoms with Crippen molar-refractivity contribution < 1.29 is 0 Å². The van der Waals surface area contributed by atoms with Crippen LogP contribution in [0.1, 0.15) is 44.2 Å². The number of halogens is 1. The van der Waals surface area contributed by atoms with Gasteiger partial charge in [0.2, 0.25) is 0 Å². The molecule has 2 unspecified atom stereocenters. The van der Waals surface area contributed by atoms with Gasteiger partial charge in [-0.2, -0.15) is 0 Å². The first-order chi connectivity index (χ1) is 6.95. The Morgan fingerprint density at radius 2 is 1.67 bits per heavy atom. The third kappa shape index (κ3) is 1.09. The molecular formula is C13H16BrN. The molecule has 2 aliphatic carbocycles. The van der Waals surface area contributed by atoms with Crippen molar-refractivity contribution in [3.05, 3.63) is 27.7 Å². The Morgan fingerprint density at radius 1 is 1.13 bits per heavy atom. The number of fused-ring (bicyclic) bond motifs is 5. The lowest BCUT2D eigenvalue weighted by Gasteiger charge is -2.27. The van der Waals surface area contributed by atoms with E-state index in [-0.39, 0.29) is 0 Å². The highest BCUT2D eigenvalue weighted by Gasteiger charge is 2.52. The quantitative estimate of drug-likeness (QED) is 0.711. The van der Waals surface area contributed by atoms with Crippen molar-refractivity contribution in [2.24, 2.45) is 0 Å². The summed E-state index contributed by atoms with van der Waals surface area (Å²) in [5.74, 6) is 0. The topological polar surface area (TPSA) is 26.0 Å². The maximum Gasteiger partial charge on any atom is 0.0461 e. The molecule has 2 bridgehead atoms. The number of hydrogen-bond acceptors (Lipinski definition) is 1. The highest BCUT2D eigenvalue weighted by molar-refractivity contribution is 9.10. The van der Waals surface area contributed by atoms with Crippen LogP contribution < -0.4 is 5.73 Å². The summed E-state index contributed by atoms with van der Waals surface area (Å²) in [5, 5.41) is 0. The molecule has 1 saturated carbocycles. The Balaban J connectivity index is 2.30. The number of benzene rings is 1. The van der Waals surface area contributed by atoms with E-state index in [0.717, 1.165) is 10.2 Å². The molecule has 2 N–H and O–H groups in total. The second-order valence-corrected chi connectivity index (χ2v) is 6.57. The van der Waals surface area contributed by atoms with Gasteiger partial charge in [-0.1, -0.05) is 13.8 Å². The van der Waals surface area contributed by atoms with Crippen molar-refractivity contribution >= 4 is 21.6 Å². The number of hydrogen-bond donors (Lipinski definition) is 1. The van der Waals surface area contributed by atoms with Crippen molar-refractivity contribution in [3.8, 4) is 0 Å². The van der Waals surface area contributed by atoms with Gasteiger partial charge in [-0.25, -0.2) is 0 Å². The van der Waals surface area contributed by atoms with Gasteiger partial charge in [0.1, 0.15) is 0 Å². The Bertz CT molecular complexity index is 413. The maximum absolute atomic E-state index is 5.98. The summed E-state index contributed by atoms with van der Waals surface area (Å²) in [7, 11) is 0. The van der Waals surface area contributed by atoms with E-state index < -0.39 is 0 Å². The molecule has 0 amide bonds. The van der Waals surface area contributed by atoms with Gasteiger partial charge in [0.15, 0.2) is 0 Å². The predicted molar refractivity (Wildman–Crippen MR) is 67.1 cm³/mol. The van der Waals surface area contributed by atoms with Gasteiger partial charge in [-0.05, 0) is 69.3 Å². The van der Waals surface area contributed by atoms with Crippen molar-refractivity contribution in [2.75, 3.05) is 5.73 Å². The van der Waals surface area contributed by atoms with E-state index >= 15 is 0 Å². The minimum atomic E-state index is 0.388. The molecule has 1 fully saturated rings. The number of nitrogens with two attached hydrogens (primary N) is 1. The Labute approximate surface area is 99.2 Å². The van der Waals surface area contributed by atoms with Crippen molar-refractivity contribution in [3.63, 3.8) is 0 Å². The van der Waals surface area contributed by atoms with Gasteiger partial charge in [-0.3, -0.25) is 0 Å². The van der Waals surface area contributed by atoms with Crippen molar-refractivity contribution in [1.82, 2.24) is 0 Å². The number of anilines is 1. The van der Waals surface area contributed by atoms with Crippen LogP contribution in [0.2, 0.25) is 0 Å². The van der Waals surface area contributed by atoms with Gasteiger partial charge >= 0.3 is 0 Å². The standard InChI is InChI=1S/C13H16BrN/c1-12-3-4-13(2,7-12)9-6-11(15)10(14)5-8(9)12/h5-6H,3-4,7,15H2,1-2H3. The first-order valence-electron chi connectivity index (χ1n) is 5.55. The fourth-order valence-electron chi connectivity index (χ4n) is 3.64. The maximum atomic E-state index is 5.98. The van der Waals surface area contributed by atoms with Crippen LogP contribution in [0.25, 0.3) is 0 Å². The third-order valence-corrected chi connectivity index (χ3v) is 5.13. The zero-order valence-corrected chi connectivity index (χ0v) is 10.8. The summed E-state index contributed by atoms with van der Waals surface area (Å²) in [6.07, 6.45) is 3.94. The van der Waals surface area contributed by atoms with Crippen LogP contribution >= 0.6 is 15.9 Å². The minimum absolute atomic E-state index is 0.388. The summed E-state index contributed by atoms with van der Waals surface area (Å²) >= 11 is 3.54. The molecule has 0 heterocycles. The van der Waals surface area contributed by atoms with Crippen LogP contribution in [0.5, 0.6) is 0 Å². The smallest absolute Gasteiger partial charge is 0.0461 e. The average molecular weight is 266 g/mol. The molecular weight excluding hydrogens is 250 g/mol. The Kier molecular flexibility index (Phi) is 1.68. The second-order valence-electron chi connectivity index (χ2n) is 5.72. The highest BCUT2D eigenvalue weighted by atomic mass is 79.9. The summed E-state index contributed by atoms with van der Waals surface area (Å²) in [6.45, 7) is 4.78. The highest BCUT2D eigenvalue weighted by Crippen LogP contribution is 2.61. The summed E-state index contributed by atoms with van der Waals surface area (Å²) in [5.41, 5.74) is 10.7. The predicted octanol–water partition coefficient (Wildman–Crippen LogP) is 3.74. The minimum Gasteiger partial charge on any atom is -0.398 e. The average Bonchev–Trinajstić information content (AvgIpc) is 2.57. The monoisotopic (exact) mass is 265 g/mol. The summed E-state index contributed by atoms with van der Waals surface area (Å²) < 4.78 is 1.05. The zero-order valence-electron chi connectivity index (χ0n) is 9.23. The van der Waals surface area contributed by atoms with Crippen LogP contribution in [-0.2, 0) is 10.8 Å². The molecule has 2 heteroatoms. The number of rotatable bonds is 0. The molecule has 0 saturated heterocycles. The van der Waals surface area contributed by atoms with Gasteiger partial charge < -0.3 is 5.73 Å². The second kappa shape index (κ2) is 2.60. The zero-order chi connectivity index (χ0) is 10.8. The normalized spacial score (nSPS) is 37.0. The first-order valence-corrected chi connectivity index (χ1v) is 6.34. The third-order valence-electron chi connectivity index (χ3n) is 4.45. The van der Waals surface area contributed by atoms with Crippen molar-refractivity contribution in [2.45, 2.75) is 43.9 Å². The molecule has 1 aromatic rings. The molecule has 2 aliphatic rings. The molecule has 2 atom stereocenters. The van der Waals surface area contributed by atoms with E-state index in [1.807, 2.05) is 0 Å². The van der Waals surface area contributed by atoms with Crippen LogP contribution in [-0.4, -0.2) is 0 Å². The van der Waals surface area contributed by atoms with E-state index in [1.165, 1.54) is 30.4 Å². The largest absolute Gasteiger partial charge is 0.398 e. The molecule has 0 aromatic heterocycles. The fourth-order valence-corrected chi connectivity index (χ4v) is 3.98. The SMILES string of the molecule is CC12CCC(C)(C1)c1cc(Br)c(N)cc12. The van der Waals surface area contributed by atoms with Gasteiger partial charge in [0, 0.05) is 10.2 Å². The Morgan fingerprint density at radius 3 is 2.27 bits per heavy atom. The number of nitrogen functional groups attached to an aromatic ring is 1. The molecule has 15 heavy (non-hydrogen) atoms. The summed E-state index contributed by atoms with van der Waals surface area (Å²) in [4.78, 5) is 0. The lowest BCUT2D eigenvalue weighted by molar-refractivity contribution is 0.484. The van der Waals surface area contributed by atoms with Crippen LogP contribution in [0.4, 0.5) is 5.69 Å². The van der Waals surface area contributed by atoms with Gasteiger partial charge in [0.05, 0.1) is 0 Å². The van der Waals surface area contributed by atoms with Crippen LogP contribution in [0.15, 0.2) is 16.6 Å². The molecule has 0 aliphatic heterocycles. The molecule has 3 rings (SSSR count). The molecule has 0 radical (unpaired) electrons. The van der Waals surface area contributed by atoms with Crippen LogP contribution in [0, 0.1) is 0 Å². The Hall–Kier alpha value is -0.500. The first kappa shape index (κ1) is 9.71. The lowest BCUT2D eigenvalue weighted by Crippen LogP contribution is -2.18. The summed E-state index contributed by atoms with van der Waals surface area (Å²) in [6, 6.07) is 4.43. The van der Waals surface area contributed by atoms with E-state index in [0.29, 0.717) is 10.8 Å². The van der Waals surface area contributed by atoms with E-state index in [1.54, 1.807) is 0 Å².